The van der Waals surface area contributed by atoms with Crippen LogP contribution < -0.4 is 0 Å². The van der Waals surface area contributed by atoms with Gasteiger partial charge in [0.05, 0.1) is 23.1 Å². The summed E-state index contributed by atoms with van der Waals surface area (Å²) in [6.07, 6.45) is 1.64. The van der Waals surface area contributed by atoms with Gasteiger partial charge in [-0.3, -0.25) is 4.79 Å². The molecule has 4 heteroatoms. The van der Waals surface area contributed by atoms with Crippen LogP contribution in [0.4, 0.5) is 0 Å². The summed E-state index contributed by atoms with van der Waals surface area (Å²) in [5.74, 6) is 0.0113. The third-order valence-corrected chi connectivity index (χ3v) is 3.06. The quantitative estimate of drug-likeness (QED) is 0.829. The third kappa shape index (κ3) is 2.14. The topological polar surface area (TPSA) is 38.1 Å². The molecule has 1 aromatic heterocycles. The lowest BCUT2D eigenvalue weighted by Gasteiger charge is -2.13. The molecule has 0 unspecified atom stereocenters. The number of hydrogen-bond acceptors (Lipinski definition) is 2. The molecular formula is C14H17N3O. The summed E-state index contributed by atoms with van der Waals surface area (Å²) in [5, 5.41) is 4.29. The number of amides is 1. The van der Waals surface area contributed by atoms with E-state index < -0.39 is 0 Å². The highest BCUT2D eigenvalue weighted by Crippen LogP contribution is 2.15. The summed E-state index contributed by atoms with van der Waals surface area (Å²) in [6, 6.07) is 9.81. The Bertz CT molecular complexity index is 545. The van der Waals surface area contributed by atoms with E-state index in [0.717, 1.165) is 11.4 Å². The predicted octanol–water partition coefficient (Wildman–Crippen LogP) is 2.27. The van der Waals surface area contributed by atoms with E-state index in [-0.39, 0.29) is 5.91 Å². The van der Waals surface area contributed by atoms with Gasteiger partial charge in [0.1, 0.15) is 0 Å². The van der Waals surface area contributed by atoms with E-state index in [0.29, 0.717) is 12.1 Å². The van der Waals surface area contributed by atoms with Gasteiger partial charge in [-0.1, -0.05) is 18.2 Å². The molecule has 0 aliphatic heterocycles. The van der Waals surface area contributed by atoms with Crippen LogP contribution >= 0.6 is 0 Å². The first kappa shape index (κ1) is 12.4. The average molecular weight is 243 g/mol. The first-order valence-electron chi connectivity index (χ1n) is 6.00. The van der Waals surface area contributed by atoms with Gasteiger partial charge in [-0.25, -0.2) is 4.68 Å². The summed E-state index contributed by atoms with van der Waals surface area (Å²) in [4.78, 5) is 13.8. The summed E-state index contributed by atoms with van der Waals surface area (Å²) < 4.78 is 1.79. The van der Waals surface area contributed by atoms with Gasteiger partial charge in [0.2, 0.25) is 0 Å². The summed E-state index contributed by atoms with van der Waals surface area (Å²) in [7, 11) is 1.79. The highest BCUT2D eigenvalue weighted by atomic mass is 16.2. The minimum atomic E-state index is 0.0113. The molecule has 0 bridgehead atoms. The second-order valence-corrected chi connectivity index (χ2v) is 4.21. The van der Waals surface area contributed by atoms with Crippen molar-refractivity contribution in [2.45, 2.75) is 13.8 Å². The number of nitrogens with zero attached hydrogens (tertiary/aromatic N) is 3. The maximum absolute atomic E-state index is 12.1. The Balaban J connectivity index is 2.38. The number of rotatable bonds is 3. The molecule has 0 saturated heterocycles. The van der Waals surface area contributed by atoms with Crippen molar-refractivity contribution in [1.29, 1.82) is 0 Å². The van der Waals surface area contributed by atoms with Gasteiger partial charge in [0.15, 0.2) is 0 Å². The lowest BCUT2D eigenvalue weighted by atomic mass is 10.2. The molecule has 4 nitrogen and oxygen atoms in total. The summed E-state index contributed by atoms with van der Waals surface area (Å²) in [6.45, 7) is 4.56. The third-order valence-electron chi connectivity index (χ3n) is 3.06. The first-order chi connectivity index (χ1) is 8.65. The number of para-hydroxylation sites is 1. The molecule has 94 valence electrons. The second-order valence-electron chi connectivity index (χ2n) is 4.21. The minimum Gasteiger partial charge on any atom is -0.342 e. The van der Waals surface area contributed by atoms with Crippen molar-refractivity contribution in [3.05, 3.63) is 47.8 Å². The van der Waals surface area contributed by atoms with E-state index in [1.807, 2.05) is 44.2 Å². The highest BCUT2D eigenvalue weighted by Gasteiger charge is 2.17. The van der Waals surface area contributed by atoms with Crippen LogP contribution in [0.2, 0.25) is 0 Å². The van der Waals surface area contributed by atoms with Crippen molar-refractivity contribution < 1.29 is 4.79 Å². The molecule has 0 radical (unpaired) electrons. The van der Waals surface area contributed by atoms with Crippen molar-refractivity contribution in [2.75, 3.05) is 13.6 Å². The molecule has 1 aromatic carbocycles. The van der Waals surface area contributed by atoms with Gasteiger partial charge in [0.25, 0.3) is 5.91 Å². The average Bonchev–Trinajstić information content (AvgIpc) is 2.80. The number of carbonyl (C=O) groups excluding carboxylic acids is 1. The van der Waals surface area contributed by atoms with Crippen LogP contribution in [-0.4, -0.2) is 34.2 Å². The molecule has 0 fully saturated rings. The molecular weight excluding hydrogens is 226 g/mol. The maximum atomic E-state index is 12.1. The Hall–Kier alpha value is -2.10. The second kappa shape index (κ2) is 5.04. The van der Waals surface area contributed by atoms with Gasteiger partial charge in [0, 0.05) is 13.6 Å². The Morgan fingerprint density at radius 2 is 2.00 bits per heavy atom. The van der Waals surface area contributed by atoms with Gasteiger partial charge in [-0.05, 0) is 26.0 Å². The minimum absolute atomic E-state index is 0.0113. The molecule has 0 aliphatic carbocycles. The lowest BCUT2D eigenvalue weighted by Crippen LogP contribution is -2.26. The lowest BCUT2D eigenvalue weighted by molar-refractivity contribution is 0.0801. The Morgan fingerprint density at radius 3 is 2.61 bits per heavy atom. The van der Waals surface area contributed by atoms with E-state index in [9.17, 15) is 4.79 Å². The summed E-state index contributed by atoms with van der Waals surface area (Å²) in [5.41, 5.74) is 2.49. The zero-order chi connectivity index (χ0) is 13.1. The zero-order valence-corrected chi connectivity index (χ0v) is 10.9. The maximum Gasteiger partial charge on any atom is 0.257 e. The molecule has 0 saturated carbocycles. The van der Waals surface area contributed by atoms with Crippen molar-refractivity contribution >= 4 is 5.91 Å². The van der Waals surface area contributed by atoms with Gasteiger partial charge in [-0.15, -0.1) is 0 Å². The molecule has 0 aliphatic rings. The Kier molecular flexibility index (Phi) is 3.46. The predicted molar refractivity (Wildman–Crippen MR) is 70.9 cm³/mol. The van der Waals surface area contributed by atoms with Crippen molar-refractivity contribution in [2.24, 2.45) is 0 Å². The Labute approximate surface area is 107 Å². The fourth-order valence-corrected chi connectivity index (χ4v) is 1.80. The SMILES string of the molecule is CCN(C)C(=O)c1cnn(-c2ccccc2)c1C. The van der Waals surface area contributed by atoms with Crippen molar-refractivity contribution in [1.82, 2.24) is 14.7 Å². The van der Waals surface area contributed by atoms with Crippen LogP contribution in [0.25, 0.3) is 5.69 Å². The molecule has 2 aromatic rings. The van der Waals surface area contributed by atoms with Crippen LogP contribution in [0.5, 0.6) is 0 Å². The molecule has 0 N–H and O–H groups in total. The Morgan fingerprint density at radius 1 is 1.33 bits per heavy atom. The fourth-order valence-electron chi connectivity index (χ4n) is 1.80. The largest absolute Gasteiger partial charge is 0.342 e. The van der Waals surface area contributed by atoms with Crippen LogP contribution in [0.1, 0.15) is 23.0 Å². The molecule has 1 heterocycles. The fraction of sp³-hybridized carbons (Fsp3) is 0.286. The van der Waals surface area contributed by atoms with Crippen LogP contribution in [0, 0.1) is 6.92 Å². The van der Waals surface area contributed by atoms with Crippen molar-refractivity contribution in [3.8, 4) is 5.69 Å². The molecule has 0 atom stereocenters. The van der Waals surface area contributed by atoms with Gasteiger partial charge in [-0.2, -0.15) is 5.10 Å². The summed E-state index contributed by atoms with van der Waals surface area (Å²) >= 11 is 0. The van der Waals surface area contributed by atoms with Crippen LogP contribution in [0.3, 0.4) is 0 Å². The normalized spacial score (nSPS) is 10.4. The molecule has 0 spiro atoms. The number of benzene rings is 1. The first-order valence-corrected chi connectivity index (χ1v) is 6.00. The number of hydrogen-bond donors (Lipinski definition) is 0. The molecule has 18 heavy (non-hydrogen) atoms. The van der Waals surface area contributed by atoms with E-state index in [2.05, 4.69) is 5.10 Å². The molecule has 1 amide bonds. The van der Waals surface area contributed by atoms with E-state index >= 15 is 0 Å². The van der Waals surface area contributed by atoms with Gasteiger partial charge < -0.3 is 4.90 Å². The number of carbonyl (C=O) groups is 1. The van der Waals surface area contributed by atoms with Gasteiger partial charge >= 0.3 is 0 Å². The number of aromatic nitrogens is 2. The smallest absolute Gasteiger partial charge is 0.257 e. The van der Waals surface area contributed by atoms with E-state index in [4.69, 9.17) is 0 Å². The standard InChI is InChI=1S/C14H17N3O/c1-4-16(3)14(18)13-10-15-17(11(13)2)12-8-6-5-7-9-12/h5-10H,4H2,1-3H3. The zero-order valence-electron chi connectivity index (χ0n) is 10.9. The monoisotopic (exact) mass is 243 g/mol. The highest BCUT2D eigenvalue weighted by molar-refractivity contribution is 5.95. The van der Waals surface area contributed by atoms with Crippen LogP contribution in [-0.2, 0) is 0 Å². The van der Waals surface area contributed by atoms with Crippen LogP contribution in [0.15, 0.2) is 36.5 Å². The van der Waals surface area contributed by atoms with Crippen molar-refractivity contribution in [3.63, 3.8) is 0 Å². The van der Waals surface area contributed by atoms with E-state index in [1.165, 1.54) is 0 Å². The van der Waals surface area contributed by atoms with E-state index in [1.54, 1.807) is 22.8 Å². The molecule has 2 rings (SSSR count).